The molecule has 0 aromatic heterocycles. The minimum absolute atomic E-state index is 0.0202. The van der Waals surface area contributed by atoms with Gasteiger partial charge in [-0.3, -0.25) is 9.59 Å². The van der Waals surface area contributed by atoms with Gasteiger partial charge in [-0.05, 0) is 50.9 Å². The highest BCUT2D eigenvalue weighted by molar-refractivity contribution is 5.98. The highest BCUT2D eigenvalue weighted by atomic mass is 16.4. The zero-order valence-corrected chi connectivity index (χ0v) is 12.7. The molecule has 1 aliphatic rings. The van der Waals surface area contributed by atoms with E-state index in [1.54, 1.807) is 24.3 Å². The van der Waals surface area contributed by atoms with Crippen LogP contribution in [-0.4, -0.2) is 46.7 Å². The van der Waals surface area contributed by atoms with Crippen LogP contribution in [0.4, 0.5) is 0 Å². The Morgan fingerprint density at radius 3 is 2.14 bits per heavy atom. The van der Waals surface area contributed by atoms with Crippen molar-refractivity contribution >= 4 is 11.9 Å². The van der Waals surface area contributed by atoms with Gasteiger partial charge in [0.2, 0.25) is 0 Å². The molecular formula is C17H23NO4. The predicted octanol–water partition coefficient (Wildman–Crippen LogP) is 2.26. The summed E-state index contributed by atoms with van der Waals surface area (Å²) in [6, 6.07) is 8.99. The number of carboxylic acids is 2. The third-order valence-electron chi connectivity index (χ3n) is 4.47. The van der Waals surface area contributed by atoms with Crippen molar-refractivity contribution in [3.05, 3.63) is 35.9 Å². The van der Waals surface area contributed by atoms with Gasteiger partial charge in [0.25, 0.3) is 0 Å². The number of piperidine rings is 1. The molecule has 2 N–H and O–H groups in total. The SMILES string of the molecule is O=C(O)C(CCN1CCCCC1)(Cc1ccccc1)C(=O)O. The Labute approximate surface area is 130 Å². The van der Waals surface area contributed by atoms with Gasteiger partial charge in [-0.1, -0.05) is 36.8 Å². The molecule has 0 radical (unpaired) electrons. The Hall–Kier alpha value is -1.88. The predicted molar refractivity (Wildman–Crippen MR) is 82.8 cm³/mol. The van der Waals surface area contributed by atoms with E-state index >= 15 is 0 Å². The smallest absolute Gasteiger partial charge is 0.321 e. The molecule has 1 aromatic carbocycles. The number of aliphatic carboxylic acids is 2. The Morgan fingerprint density at radius 1 is 1.00 bits per heavy atom. The number of hydrogen-bond acceptors (Lipinski definition) is 3. The van der Waals surface area contributed by atoms with Crippen molar-refractivity contribution in [1.82, 2.24) is 4.90 Å². The number of carboxylic acid groups (broad SMARTS) is 2. The second kappa shape index (κ2) is 7.40. The quantitative estimate of drug-likeness (QED) is 0.756. The van der Waals surface area contributed by atoms with Crippen LogP contribution < -0.4 is 0 Å². The van der Waals surface area contributed by atoms with Crippen LogP contribution >= 0.6 is 0 Å². The number of likely N-dealkylation sites (tertiary alicyclic amines) is 1. The second-order valence-electron chi connectivity index (χ2n) is 6.01. The lowest BCUT2D eigenvalue weighted by atomic mass is 9.78. The van der Waals surface area contributed by atoms with Crippen molar-refractivity contribution < 1.29 is 19.8 Å². The third kappa shape index (κ3) is 3.85. The van der Waals surface area contributed by atoms with Crippen molar-refractivity contribution in [2.45, 2.75) is 32.1 Å². The molecule has 1 heterocycles. The van der Waals surface area contributed by atoms with Gasteiger partial charge in [0.15, 0.2) is 5.41 Å². The zero-order valence-electron chi connectivity index (χ0n) is 12.7. The van der Waals surface area contributed by atoms with E-state index in [-0.39, 0.29) is 12.8 Å². The van der Waals surface area contributed by atoms with Crippen LogP contribution in [0.25, 0.3) is 0 Å². The van der Waals surface area contributed by atoms with Crippen LogP contribution in [0, 0.1) is 5.41 Å². The van der Waals surface area contributed by atoms with Crippen LogP contribution in [-0.2, 0) is 16.0 Å². The van der Waals surface area contributed by atoms with Crippen LogP contribution in [0.3, 0.4) is 0 Å². The molecule has 0 unspecified atom stereocenters. The van der Waals surface area contributed by atoms with E-state index in [0.717, 1.165) is 31.5 Å². The van der Waals surface area contributed by atoms with Crippen molar-refractivity contribution in [1.29, 1.82) is 0 Å². The number of hydrogen-bond donors (Lipinski definition) is 2. The maximum Gasteiger partial charge on any atom is 0.321 e. The molecule has 5 nitrogen and oxygen atoms in total. The first-order chi connectivity index (χ1) is 10.5. The number of rotatable bonds is 7. The summed E-state index contributed by atoms with van der Waals surface area (Å²) >= 11 is 0. The van der Waals surface area contributed by atoms with E-state index in [2.05, 4.69) is 4.90 Å². The lowest BCUT2D eigenvalue weighted by Crippen LogP contribution is -2.44. The number of carbonyl (C=O) groups is 2. The van der Waals surface area contributed by atoms with Gasteiger partial charge in [-0.25, -0.2) is 0 Å². The standard InChI is InChI=1S/C17H23NO4/c19-15(20)17(16(21)22,13-14-7-3-1-4-8-14)9-12-18-10-5-2-6-11-18/h1,3-4,7-8H,2,5-6,9-13H2,(H,19,20)(H,21,22). The Morgan fingerprint density at radius 2 is 1.59 bits per heavy atom. The average molecular weight is 305 g/mol. The summed E-state index contributed by atoms with van der Waals surface area (Å²) < 4.78 is 0. The van der Waals surface area contributed by atoms with Gasteiger partial charge in [0.1, 0.15) is 0 Å². The minimum Gasteiger partial charge on any atom is -0.480 e. The summed E-state index contributed by atoms with van der Waals surface area (Å²) in [5.41, 5.74) is -1.01. The Kier molecular flexibility index (Phi) is 5.55. The fourth-order valence-corrected chi connectivity index (χ4v) is 3.02. The maximum atomic E-state index is 11.7. The molecule has 0 saturated carbocycles. The van der Waals surface area contributed by atoms with Gasteiger partial charge in [-0.2, -0.15) is 0 Å². The van der Waals surface area contributed by atoms with E-state index in [9.17, 15) is 19.8 Å². The van der Waals surface area contributed by atoms with E-state index in [0.29, 0.717) is 6.54 Å². The summed E-state index contributed by atoms with van der Waals surface area (Å²) in [5.74, 6) is -2.50. The molecule has 120 valence electrons. The van der Waals surface area contributed by atoms with Crippen molar-refractivity contribution in [2.24, 2.45) is 5.41 Å². The van der Waals surface area contributed by atoms with Gasteiger partial charge in [0.05, 0.1) is 0 Å². The molecule has 1 aromatic rings. The summed E-state index contributed by atoms with van der Waals surface area (Å²) in [7, 11) is 0. The molecule has 0 atom stereocenters. The van der Waals surface area contributed by atoms with Crippen LogP contribution in [0.15, 0.2) is 30.3 Å². The van der Waals surface area contributed by atoms with E-state index in [1.165, 1.54) is 6.42 Å². The molecule has 1 saturated heterocycles. The monoisotopic (exact) mass is 305 g/mol. The van der Waals surface area contributed by atoms with Crippen LogP contribution in [0.2, 0.25) is 0 Å². The topological polar surface area (TPSA) is 77.8 Å². The normalized spacial score (nSPS) is 16.4. The van der Waals surface area contributed by atoms with Crippen LogP contribution in [0.5, 0.6) is 0 Å². The van der Waals surface area contributed by atoms with E-state index < -0.39 is 17.4 Å². The molecule has 0 amide bonds. The fraction of sp³-hybridized carbons (Fsp3) is 0.529. The van der Waals surface area contributed by atoms with Crippen LogP contribution in [0.1, 0.15) is 31.2 Å². The largest absolute Gasteiger partial charge is 0.480 e. The van der Waals surface area contributed by atoms with Gasteiger partial charge in [-0.15, -0.1) is 0 Å². The highest BCUT2D eigenvalue weighted by Crippen LogP contribution is 2.29. The first-order valence-electron chi connectivity index (χ1n) is 7.78. The first kappa shape index (κ1) is 16.5. The molecule has 1 fully saturated rings. The van der Waals surface area contributed by atoms with Crippen molar-refractivity contribution in [2.75, 3.05) is 19.6 Å². The number of nitrogens with zero attached hydrogens (tertiary/aromatic N) is 1. The van der Waals surface area contributed by atoms with Gasteiger partial charge < -0.3 is 15.1 Å². The molecule has 0 spiro atoms. The molecule has 5 heteroatoms. The first-order valence-corrected chi connectivity index (χ1v) is 7.78. The van der Waals surface area contributed by atoms with Crippen molar-refractivity contribution in [3.8, 4) is 0 Å². The maximum absolute atomic E-state index is 11.7. The summed E-state index contributed by atoms with van der Waals surface area (Å²) in [6.45, 7) is 2.38. The number of benzene rings is 1. The molecule has 2 rings (SSSR count). The fourth-order valence-electron chi connectivity index (χ4n) is 3.02. The lowest BCUT2D eigenvalue weighted by Gasteiger charge is -2.31. The lowest BCUT2D eigenvalue weighted by molar-refractivity contribution is -0.165. The van der Waals surface area contributed by atoms with E-state index in [1.807, 2.05) is 6.07 Å². The molecule has 0 bridgehead atoms. The van der Waals surface area contributed by atoms with Gasteiger partial charge >= 0.3 is 11.9 Å². The molecule has 22 heavy (non-hydrogen) atoms. The van der Waals surface area contributed by atoms with Gasteiger partial charge in [0, 0.05) is 0 Å². The third-order valence-corrected chi connectivity index (χ3v) is 4.47. The highest BCUT2D eigenvalue weighted by Gasteiger charge is 2.46. The average Bonchev–Trinajstić information content (AvgIpc) is 2.53. The second-order valence-corrected chi connectivity index (χ2v) is 6.01. The summed E-state index contributed by atoms with van der Waals surface area (Å²) in [4.78, 5) is 25.7. The summed E-state index contributed by atoms with van der Waals surface area (Å²) in [5, 5.41) is 19.2. The molecule has 1 aliphatic heterocycles. The summed E-state index contributed by atoms with van der Waals surface area (Å²) in [6.07, 6.45) is 3.56. The molecule has 0 aliphatic carbocycles. The Balaban J connectivity index is 2.13. The molecular weight excluding hydrogens is 282 g/mol. The Bertz CT molecular complexity index is 495. The minimum atomic E-state index is -1.75. The van der Waals surface area contributed by atoms with E-state index in [4.69, 9.17) is 0 Å². The van der Waals surface area contributed by atoms with Crippen molar-refractivity contribution in [3.63, 3.8) is 0 Å². The zero-order chi connectivity index (χ0) is 16.0.